The first-order chi connectivity index (χ1) is 12.7. The van der Waals surface area contributed by atoms with Crippen LogP contribution in [0.1, 0.15) is 12.5 Å². The van der Waals surface area contributed by atoms with Crippen LogP contribution in [-0.2, 0) is 19.6 Å². The molecule has 8 heteroatoms. The van der Waals surface area contributed by atoms with Gasteiger partial charge in [0, 0.05) is 26.7 Å². The van der Waals surface area contributed by atoms with E-state index < -0.39 is 21.8 Å². The van der Waals surface area contributed by atoms with Crippen molar-refractivity contribution in [1.82, 2.24) is 9.62 Å². The number of nitrogens with one attached hydrogen (secondary N) is 2. The number of nitrogens with zero attached hydrogens (tertiary/aromatic N) is 1. The topological polar surface area (TPSA) is 95.6 Å². The van der Waals surface area contributed by atoms with E-state index in [0.717, 1.165) is 9.87 Å². The summed E-state index contributed by atoms with van der Waals surface area (Å²) in [6.45, 7) is 1.30. The average Bonchev–Trinajstić information content (AvgIpc) is 2.61. The predicted octanol–water partition coefficient (Wildman–Crippen LogP) is 2.05. The third kappa shape index (κ3) is 5.50. The van der Waals surface area contributed by atoms with Gasteiger partial charge in [0.25, 0.3) is 5.91 Å². The van der Waals surface area contributed by atoms with Crippen molar-refractivity contribution < 1.29 is 18.0 Å². The number of anilines is 1. The fourth-order valence-corrected chi connectivity index (χ4v) is 3.16. The lowest BCUT2D eigenvalue weighted by atomic mass is 10.2. The summed E-state index contributed by atoms with van der Waals surface area (Å²) in [5.74, 6) is -0.954. The van der Waals surface area contributed by atoms with Crippen molar-refractivity contribution >= 4 is 33.6 Å². The Balaban J connectivity index is 2.30. The molecule has 2 rings (SSSR count). The fraction of sp³-hybridized carbons (Fsp3) is 0.158. The second-order valence-electron chi connectivity index (χ2n) is 5.92. The first-order valence-electron chi connectivity index (χ1n) is 8.08. The van der Waals surface area contributed by atoms with E-state index in [-0.39, 0.29) is 10.6 Å². The Bertz CT molecular complexity index is 967. The fourth-order valence-electron chi connectivity index (χ4n) is 2.21. The third-order valence-electron chi connectivity index (χ3n) is 3.54. The van der Waals surface area contributed by atoms with Gasteiger partial charge < -0.3 is 10.6 Å². The summed E-state index contributed by atoms with van der Waals surface area (Å²) >= 11 is 0. The summed E-state index contributed by atoms with van der Waals surface area (Å²) in [7, 11) is -0.768. The summed E-state index contributed by atoms with van der Waals surface area (Å²) in [6, 6.07) is 15.0. The number of hydrogen-bond acceptors (Lipinski definition) is 4. The number of hydrogen-bond donors (Lipinski definition) is 2. The molecule has 0 atom stereocenters. The molecule has 0 radical (unpaired) electrons. The molecule has 0 bridgehead atoms. The predicted molar refractivity (Wildman–Crippen MR) is 104 cm³/mol. The number of amides is 2. The van der Waals surface area contributed by atoms with Gasteiger partial charge in [0.05, 0.1) is 4.90 Å². The molecule has 142 valence electrons. The maximum atomic E-state index is 12.6. The smallest absolute Gasteiger partial charge is 0.272 e. The number of carbonyl (C=O) groups is 2. The van der Waals surface area contributed by atoms with E-state index in [9.17, 15) is 18.0 Å². The Kier molecular flexibility index (Phi) is 6.49. The van der Waals surface area contributed by atoms with Gasteiger partial charge in [-0.05, 0) is 29.8 Å². The van der Waals surface area contributed by atoms with Crippen LogP contribution in [0.2, 0.25) is 0 Å². The van der Waals surface area contributed by atoms with Gasteiger partial charge in [-0.2, -0.15) is 0 Å². The highest BCUT2D eigenvalue weighted by molar-refractivity contribution is 7.89. The largest absolute Gasteiger partial charge is 0.322 e. The molecule has 27 heavy (non-hydrogen) atoms. The van der Waals surface area contributed by atoms with Crippen molar-refractivity contribution in [2.24, 2.45) is 0 Å². The lowest BCUT2D eigenvalue weighted by Gasteiger charge is -2.13. The molecule has 2 aromatic carbocycles. The van der Waals surface area contributed by atoms with Crippen LogP contribution in [0.5, 0.6) is 0 Å². The lowest BCUT2D eigenvalue weighted by molar-refractivity contribution is -0.120. The highest BCUT2D eigenvalue weighted by Crippen LogP contribution is 2.18. The first kappa shape index (κ1) is 20.3. The zero-order valence-corrected chi connectivity index (χ0v) is 16.1. The van der Waals surface area contributed by atoms with E-state index in [4.69, 9.17) is 0 Å². The Hall–Kier alpha value is -2.97. The molecular formula is C19H21N3O4S. The molecule has 2 amide bonds. The number of benzene rings is 2. The minimum absolute atomic E-state index is 0.0505. The van der Waals surface area contributed by atoms with Crippen molar-refractivity contribution in [2.75, 3.05) is 19.4 Å². The molecule has 0 spiro atoms. The number of sulfonamides is 1. The molecule has 0 aliphatic carbocycles. The van der Waals surface area contributed by atoms with Gasteiger partial charge >= 0.3 is 0 Å². The molecule has 0 aliphatic rings. The van der Waals surface area contributed by atoms with E-state index in [0.29, 0.717) is 5.69 Å². The van der Waals surface area contributed by atoms with Gasteiger partial charge in [0.1, 0.15) is 5.70 Å². The van der Waals surface area contributed by atoms with E-state index >= 15 is 0 Å². The van der Waals surface area contributed by atoms with Gasteiger partial charge in [-0.3, -0.25) is 9.59 Å². The Morgan fingerprint density at radius 1 is 1.00 bits per heavy atom. The van der Waals surface area contributed by atoms with Crippen LogP contribution in [0.4, 0.5) is 5.69 Å². The summed E-state index contributed by atoms with van der Waals surface area (Å²) in [6.07, 6.45) is 1.54. The second-order valence-corrected chi connectivity index (χ2v) is 8.07. The molecule has 0 saturated heterocycles. The highest BCUT2D eigenvalue weighted by Gasteiger charge is 2.18. The van der Waals surface area contributed by atoms with E-state index in [1.807, 2.05) is 18.2 Å². The van der Waals surface area contributed by atoms with Crippen molar-refractivity contribution in [3.63, 3.8) is 0 Å². The van der Waals surface area contributed by atoms with Crippen molar-refractivity contribution in [3.05, 3.63) is 65.9 Å². The third-order valence-corrected chi connectivity index (χ3v) is 5.35. The van der Waals surface area contributed by atoms with Crippen LogP contribution in [0.3, 0.4) is 0 Å². The zero-order chi connectivity index (χ0) is 20.0. The van der Waals surface area contributed by atoms with Gasteiger partial charge in [0.2, 0.25) is 15.9 Å². The molecule has 0 unspecified atom stereocenters. The molecule has 0 heterocycles. The molecule has 2 aromatic rings. The monoisotopic (exact) mass is 387 g/mol. The van der Waals surface area contributed by atoms with Crippen LogP contribution < -0.4 is 10.6 Å². The minimum atomic E-state index is -3.63. The molecule has 7 nitrogen and oxygen atoms in total. The van der Waals surface area contributed by atoms with Crippen molar-refractivity contribution in [2.45, 2.75) is 11.8 Å². The van der Waals surface area contributed by atoms with E-state index in [1.165, 1.54) is 45.3 Å². The summed E-state index contributed by atoms with van der Waals surface area (Å²) < 4.78 is 25.6. The summed E-state index contributed by atoms with van der Waals surface area (Å²) in [4.78, 5) is 24.1. The Labute approximate surface area is 158 Å². The van der Waals surface area contributed by atoms with Crippen molar-refractivity contribution in [3.8, 4) is 0 Å². The van der Waals surface area contributed by atoms with Crippen LogP contribution in [-0.4, -0.2) is 38.6 Å². The number of carbonyl (C=O) groups excluding carboxylic acids is 2. The zero-order valence-electron chi connectivity index (χ0n) is 15.3. The first-order valence-corrected chi connectivity index (χ1v) is 9.52. The molecular weight excluding hydrogens is 366 g/mol. The Morgan fingerprint density at radius 3 is 2.26 bits per heavy atom. The normalized spacial score (nSPS) is 11.9. The molecule has 2 N–H and O–H groups in total. The van der Waals surface area contributed by atoms with Crippen molar-refractivity contribution in [1.29, 1.82) is 0 Å². The molecule has 0 aromatic heterocycles. The highest BCUT2D eigenvalue weighted by atomic mass is 32.2. The van der Waals surface area contributed by atoms with Crippen LogP contribution in [0.25, 0.3) is 6.08 Å². The van der Waals surface area contributed by atoms with Crippen LogP contribution >= 0.6 is 0 Å². The van der Waals surface area contributed by atoms with Gasteiger partial charge in [-0.15, -0.1) is 0 Å². The lowest BCUT2D eigenvalue weighted by Crippen LogP contribution is -2.29. The van der Waals surface area contributed by atoms with Crippen LogP contribution in [0.15, 0.2) is 65.2 Å². The minimum Gasteiger partial charge on any atom is -0.322 e. The van der Waals surface area contributed by atoms with Gasteiger partial charge in [0.15, 0.2) is 0 Å². The standard InChI is InChI=1S/C19H21N3O4S/c1-14(23)20-18(12-15-8-5-4-6-9-15)19(24)21-16-10-7-11-17(13-16)27(25,26)22(2)3/h4-13H,1-3H3,(H,20,23)(H,21,24)/b18-12-. The van der Waals surface area contributed by atoms with Crippen LogP contribution in [0, 0.1) is 0 Å². The summed E-state index contributed by atoms with van der Waals surface area (Å²) in [5, 5.41) is 5.11. The maximum Gasteiger partial charge on any atom is 0.272 e. The molecule has 0 saturated carbocycles. The average molecular weight is 387 g/mol. The maximum absolute atomic E-state index is 12.6. The Morgan fingerprint density at radius 2 is 1.67 bits per heavy atom. The quantitative estimate of drug-likeness (QED) is 0.742. The van der Waals surface area contributed by atoms with Gasteiger partial charge in [-0.1, -0.05) is 36.4 Å². The van der Waals surface area contributed by atoms with E-state index in [1.54, 1.807) is 18.2 Å². The second kappa shape index (κ2) is 8.61. The SMILES string of the molecule is CC(=O)N/C(=C\c1ccccc1)C(=O)Nc1cccc(S(=O)(=O)N(C)C)c1. The van der Waals surface area contributed by atoms with E-state index in [2.05, 4.69) is 10.6 Å². The number of rotatable bonds is 6. The molecule has 0 aliphatic heterocycles. The van der Waals surface area contributed by atoms with Gasteiger partial charge in [-0.25, -0.2) is 12.7 Å². The molecule has 0 fully saturated rings. The summed E-state index contributed by atoms with van der Waals surface area (Å²) in [5.41, 5.74) is 1.09.